The van der Waals surface area contributed by atoms with Gasteiger partial charge in [-0.05, 0) is 37.9 Å². The lowest BCUT2D eigenvalue weighted by molar-refractivity contribution is 0.0944. The van der Waals surface area contributed by atoms with Crippen molar-refractivity contribution in [2.45, 2.75) is 26.3 Å². The molecule has 0 aromatic carbocycles. The second kappa shape index (κ2) is 6.73. The van der Waals surface area contributed by atoms with Gasteiger partial charge in [-0.1, -0.05) is 6.92 Å². The zero-order valence-electron chi connectivity index (χ0n) is 11.5. The number of furan rings is 1. The van der Waals surface area contributed by atoms with Crippen LogP contribution >= 0.6 is 0 Å². The predicted molar refractivity (Wildman–Crippen MR) is 73.8 cm³/mol. The molecule has 1 aliphatic heterocycles. The Kier molecular flexibility index (Phi) is 4.99. The summed E-state index contributed by atoms with van der Waals surface area (Å²) in [6.45, 7) is 6.49. The molecule has 5 heteroatoms. The number of nitrogens with one attached hydrogen (secondary N) is 1. The largest absolute Gasteiger partial charge is 0.467 e. The molecule has 0 spiro atoms. The summed E-state index contributed by atoms with van der Waals surface area (Å²) in [7, 11) is 0. The highest BCUT2D eigenvalue weighted by atomic mass is 16.3. The predicted octanol–water partition coefficient (Wildman–Crippen LogP) is 1.20. The molecule has 106 valence electrons. The minimum Gasteiger partial charge on any atom is -0.467 e. The van der Waals surface area contributed by atoms with E-state index in [0.29, 0.717) is 24.4 Å². The maximum atomic E-state index is 11.8. The SMILES string of the molecule is CC1CCN(CCNC(=O)c2coc(CN)c2)CC1. The molecule has 1 amide bonds. The highest BCUT2D eigenvalue weighted by molar-refractivity contribution is 5.93. The first-order valence-corrected chi connectivity index (χ1v) is 6.97. The van der Waals surface area contributed by atoms with Crippen molar-refractivity contribution in [2.24, 2.45) is 11.7 Å². The Morgan fingerprint density at radius 3 is 2.89 bits per heavy atom. The quantitative estimate of drug-likeness (QED) is 0.839. The van der Waals surface area contributed by atoms with Crippen molar-refractivity contribution in [1.82, 2.24) is 10.2 Å². The summed E-state index contributed by atoms with van der Waals surface area (Å²) >= 11 is 0. The minimum absolute atomic E-state index is 0.0890. The van der Waals surface area contributed by atoms with E-state index in [1.807, 2.05) is 0 Å². The summed E-state index contributed by atoms with van der Waals surface area (Å²) in [5.41, 5.74) is 5.99. The first kappa shape index (κ1) is 14.1. The van der Waals surface area contributed by atoms with Gasteiger partial charge in [-0.2, -0.15) is 0 Å². The number of piperidine rings is 1. The van der Waals surface area contributed by atoms with Crippen LogP contribution in [0.2, 0.25) is 0 Å². The Morgan fingerprint density at radius 1 is 1.53 bits per heavy atom. The number of likely N-dealkylation sites (tertiary alicyclic amines) is 1. The van der Waals surface area contributed by atoms with Crippen LogP contribution in [0, 0.1) is 5.92 Å². The second-order valence-corrected chi connectivity index (χ2v) is 5.29. The number of nitrogens with zero attached hydrogens (tertiary/aromatic N) is 1. The Labute approximate surface area is 114 Å². The van der Waals surface area contributed by atoms with Gasteiger partial charge in [0, 0.05) is 13.1 Å². The van der Waals surface area contributed by atoms with E-state index in [-0.39, 0.29) is 5.91 Å². The monoisotopic (exact) mass is 265 g/mol. The summed E-state index contributed by atoms with van der Waals surface area (Å²) in [6, 6.07) is 1.69. The van der Waals surface area contributed by atoms with Crippen LogP contribution in [0.25, 0.3) is 0 Å². The third-order valence-electron chi connectivity index (χ3n) is 3.71. The van der Waals surface area contributed by atoms with Gasteiger partial charge in [-0.25, -0.2) is 0 Å². The maximum absolute atomic E-state index is 11.8. The number of rotatable bonds is 5. The molecule has 2 rings (SSSR count). The summed E-state index contributed by atoms with van der Waals surface area (Å²) in [4.78, 5) is 14.2. The zero-order valence-corrected chi connectivity index (χ0v) is 11.5. The van der Waals surface area contributed by atoms with E-state index >= 15 is 0 Å². The van der Waals surface area contributed by atoms with Gasteiger partial charge in [0.15, 0.2) is 0 Å². The molecule has 5 nitrogen and oxygen atoms in total. The fourth-order valence-corrected chi connectivity index (χ4v) is 2.32. The molecule has 0 unspecified atom stereocenters. The Morgan fingerprint density at radius 2 is 2.26 bits per heavy atom. The Hall–Kier alpha value is -1.33. The van der Waals surface area contributed by atoms with E-state index < -0.39 is 0 Å². The zero-order chi connectivity index (χ0) is 13.7. The molecule has 0 saturated carbocycles. The average Bonchev–Trinajstić information content (AvgIpc) is 2.90. The molecule has 0 radical (unpaired) electrons. The third-order valence-corrected chi connectivity index (χ3v) is 3.71. The van der Waals surface area contributed by atoms with Crippen LogP contribution in [0.1, 0.15) is 35.9 Å². The molecule has 1 saturated heterocycles. The lowest BCUT2D eigenvalue weighted by Crippen LogP contribution is -2.39. The molecular weight excluding hydrogens is 242 g/mol. The van der Waals surface area contributed by atoms with Gasteiger partial charge in [0.25, 0.3) is 5.91 Å². The first-order chi connectivity index (χ1) is 9.19. The summed E-state index contributed by atoms with van der Waals surface area (Å²) < 4.78 is 5.15. The molecule has 0 aliphatic carbocycles. The fraction of sp³-hybridized carbons (Fsp3) is 0.643. The maximum Gasteiger partial charge on any atom is 0.254 e. The molecular formula is C14H23N3O2. The van der Waals surface area contributed by atoms with Gasteiger partial charge in [-0.3, -0.25) is 4.79 Å². The average molecular weight is 265 g/mol. The van der Waals surface area contributed by atoms with Gasteiger partial charge >= 0.3 is 0 Å². The van der Waals surface area contributed by atoms with Crippen molar-refractivity contribution in [3.63, 3.8) is 0 Å². The minimum atomic E-state index is -0.0890. The number of nitrogens with two attached hydrogens (primary N) is 1. The van der Waals surface area contributed by atoms with E-state index in [2.05, 4.69) is 17.1 Å². The molecule has 1 aromatic heterocycles. The summed E-state index contributed by atoms with van der Waals surface area (Å²) in [5, 5.41) is 2.91. The van der Waals surface area contributed by atoms with Crippen molar-refractivity contribution in [1.29, 1.82) is 0 Å². The summed E-state index contributed by atoms with van der Waals surface area (Å²) in [6.07, 6.45) is 3.98. The van der Waals surface area contributed by atoms with Crippen LogP contribution in [0.4, 0.5) is 0 Å². The third kappa shape index (κ3) is 4.08. The molecule has 1 fully saturated rings. The van der Waals surface area contributed by atoms with Crippen molar-refractivity contribution < 1.29 is 9.21 Å². The van der Waals surface area contributed by atoms with E-state index in [4.69, 9.17) is 10.2 Å². The summed E-state index contributed by atoms with van der Waals surface area (Å²) in [5.74, 6) is 1.38. The van der Waals surface area contributed by atoms with E-state index in [0.717, 1.165) is 25.6 Å². The number of amides is 1. The normalized spacial score (nSPS) is 17.6. The molecule has 3 N–H and O–H groups in total. The van der Waals surface area contributed by atoms with Crippen LogP contribution < -0.4 is 11.1 Å². The Balaban J connectivity index is 1.69. The molecule has 19 heavy (non-hydrogen) atoms. The van der Waals surface area contributed by atoms with Gasteiger partial charge in [0.1, 0.15) is 12.0 Å². The van der Waals surface area contributed by atoms with Crippen molar-refractivity contribution in [3.05, 3.63) is 23.7 Å². The van der Waals surface area contributed by atoms with E-state index in [1.54, 1.807) is 6.07 Å². The first-order valence-electron chi connectivity index (χ1n) is 6.97. The molecule has 1 aromatic rings. The number of hydrogen-bond donors (Lipinski definition) is 2. The van der Waals surface area contributed by atoms with Gasteiger partial charge < -0.3 is 20.4 Å². The standard InChI is InChI=1S/C14H23N3O2/c1-11-2-5-17(6-3-11)7-4-16-14(18)12-8-13(9-15)19-10-12/h8,10-11H,2-7,9,15H2,1H3,(H,16,18). The molecule has 2 heterocycles. The van der Waals surface area contributed by atoms with Crippen LogP contribution in [0.15, 0.2) is 16.7 Å². The Bertz CT molecular complexity index is 409. The molecule has 0 atom stereocenters. The van der Waals surface area contributed by atoms with Gasteiger partial charge in [-0.15, -0.1) is 0 Å². The van der Waals surface area contributed by atoms with Crippen LogP contribution in [-0.2, 0) is 6.54 Å². The molecule has 0 bridgehead atoms. The van der Waals surface area contributed by atoms with Crippen LogP contribution in [0.5, 0.6) is 0 Å². The van der Waals surface area contributed by atoms with Gasteiger partial charge in [0.2, 0.25) is 0 Å². The van der Waals surface area contributed by atoms with Crippen molar-refractivity contribution >= 4 is 5.91 Å². The van der Waals surface area contributed by atoms with Crippen molar-refractivity contribution in [2.75, 3.05) is 26.2 Å². The highest BCUT2D eigenvalue weighted by Gasteiger charge is 2.15. The smallest absolute Gasteiger partial charge is 0.254 e. The topological polar surface area (TPSA) is 71.5 Å². The van der Waals surface area contributed by atoms with Crippen LogP contribution in [0.3, 0.4) is 0 Å². The lowest BCUT2D eigenvalue weighted by Gasteiger charge is -2.30. The van der Waals surface area contributed by atoms with Crippen molar-refractivity contribution in [3.8, 4) is 0 Å². The highest BCUT2D eigenvalue weighted by Crippen LogP contribution is 2.15. The lowest BCUT2D eigenvalue weighted by atomic mass is 9.99. The van der Waals surface area contributed by atoms with Crippen LogP contribution in [-0.4, -0.2) is 37.0 Å². The fourth-order valence-electron chi connectivity index (χ4n) is 2.32. The number of carbonyl (C=O) groups excluding carboxylic acids is 1. The second-order valence-electron chi connectivity index (χ2n) is 5.29. The number of carbonyl (C=O) groups is 1. The number of hydrogen-bond acceptors (Lipinski definition) is 4. The van der Waals surface area contributed by atoms with E-state index in [1.165, 1.54) is 19.1 Å². The van der Waals surface area contributed by atoms with E-state index in [9.17, 15) is 4.79 Å². The molecule has 1 aliphatic rings. The van der Waals surface area contributed by atoms with Gasteiger partial charge in [0.05, 0.1) is 12.1 Å².